The summed E-state index contributed by atoms with van der Waals surface area (Å²) in [6.07, 6.45) is 5.82. The SMILES string of the molecule is COc1cccc2cc(C(=O)N3CCC(Cn4ccnc4-c4ccccc4)CC3)oc12. The summed E-state index contributed by atoms with van der Waals surface area (Å²) in [7, 11) is 1.60. The zero-order valence-corrected chi connectivity index (χ0v) is 17.5. The Morgan fingerprint density at radius 2 is 1.94 bits per heavy atom. The maximum Gasteiger partial charge on any atom is 0.289 e. The van der Waals surface area contributed by atoms with Crippen molar-refractivity contribution in [3.63, 3.8) is 0 Å². The molecule has 0 atom stereocenters. The molecule has 0 bridgehead atoms. The Morgan fingerprint density at radius 3 is 2.71 bits per heavy atom. The summed E-state index contributed by atoms with van der Waals surface area (Å²) in [6.45, 7) is 2.37. The molecule has 1 saturated heterocycles. The third kappa shape index (κ3) is 3.81. The van der Waals surface area contributed by atoms with Crippen LogP contribution >= 0.6 is 0 Å². The van der Waals surface area contributed by atoms with E-state index in [0.717, 1.165) is 49.2 Å². The lowest BCUT2D eigenvalue weighted by atomic mass is 9.96. The maximum absolute atomic E-state index is 13.0. The van der Waals surface area contributed by atoms with Gasteiger partial charge in [-0.15, -0.1) is 0 Å². The van der Waals surface area contributed by atoms with Crippen LogP contribution in [0.3, 0.4) is 0 Å². The number of methoxy groups -OCH3 is 1. The quantitative estimate of drug-likeness (QED) is 0.467. The van der Waals surface area contributed by atoms with Crippen molar-refractivity contribution in [2.45, 2.75) is 19.4 Å². The van der Waals surface area contributed by atoms with Crippen LogP contribution < -0.4 is 4.74 Å². The molecule has 6 heteroatoms. The van der Waals surface area contributed by atoms with E-state index in [1.807, 2.05) is 59.8 Å². The minimum absolute atomic E-state index is 0.0516. The highest BCUT2D eigenvalue weighted by atomic mass is 16.5. The van der Waals surface area contributed by atoms with Gasteiger partial charge in [0.1, 0.15) is 5.82 Å². The van der Waals surface area contributed by atoms with Gasteiger partial charge in [0.05, 0.1) is 7.11 Å². The number of benzene rings is 2. The number of para-hydroxylation sites is 1. The highest BCUT2D eigenvalue weighted by molar-refractivity contribution is 5.97. The molecule has 0 radical (unpaired) electrons. The molecule has 31 heavy (non-hydrogen) atoms. The number of furan rings is 1. The monoisotopic (exact) mass is 415 g/mol. The van der Waals surface area contributed by atoms with Crippen molar-refractivity contribution in [3.05, 3.63) is 72.8 Å². The third-order valence-corrected chi connectivity index (χ3v) is 6.04. The maximum atomic E-state index is 13.0. The van der Waals surface area contributed by atoms with Gasteiger partial charge in [-0.1, -0.05) is 42.5 Å². The lowest BCUT2D eigenvalue weighted by Crippen LogP contribution is -2.39. The van der Waals surface area contributed by atoms with Crippen LogP contribution in [0.4, 0.5) is 0 Å². The first-order valence-corrected chi connectivity index (χ1v) is 10.7. The number of ether oxygens (including phenoxy) is 1. The zero-order valence-electron chi connectivity index (χ0n) is 17.5. The highest BCUT2D eigenvalue weighted by Gasteiger charge is 2.26. The van der Waals surface area contributed by atoms with Crippen LogP contribution in [-0.2, 0) is 6.54 Å². The largest absolute Gasteiger partial charge is 0.493 e. The van der Waals surface area contributed by atoms with Crippen molar-refractivity contribution in [1.29, 1.82) is 0 Å². The summed E-state index contributed by atoms with van der Waals surface area (Å²) < 4.78 is 13.4. The van der Waals surface area contributed by atoms with Crippen molar-refractivity contribution in [3.8, 4) is 17.1 Å². The lowest BCUT2D eigenvalue weighted by molar-refractivity contribution is 0.0653. The van der Waals surface area contributed by atoms with Crippen LogP contribution in [0.5, 0.6) is 5.75 Å². The van der Waals surface area contributed by atoms with E-state index >= 15 is 0 Å². The van der Waals surface area contributed by atoms with Gasteiger partial charge in [0, 0.05) is 43.0 Å². The molecular formula is C25H25N3O3. The van der Waals surface area contributed by atoms with E-state index in [4.69, 9.17) is 9.15 Å². The Labute approximate surface area is 181 Å². The van der Waals surface area contributed by atoms with Gasteiger partial charge >= 0.3 is 0 Å². The van der Waals surface area contributed by atoms with E-state index in [9.17, 15) is 4.79 Å². The molecule has 4 aromatic rings. The zero-order chi connectivity index (χ0) is 21.2. The Morgan fingerprint density at radius 1 is 1.13 bits per heavy atom. The molecule has 5 rings (SSSR count). The molecule has 1 aliphatic heterocycles. The summed E-state index contributed by atoms with van der Waals surface area (Å²) in [6, 6.07) is 17.7. The number of carbonyl (C=O) groups excluding carboxylic acids is 1. The number of hydrogen-bond acceptors (Lipinski definition) is 4. The van der Waals surface area contributed by atoms with E-state index in [0.29, 0.717) is 23.0 Å². The number of carbonyl (C=O) groups is 1. The van der Waals surface area contributed by atoms with Crippen LogP contribution in [0.1, 0.15) is 23.4 Å². The normalized spacial score (nSPS) is 14.8. The third-order valence-electron chi connectivity index (χ3n) is 6.04. The van der Waals surface area contributed by atoms with Crippen LogP contribution in [0.2, 0.25) is 0 Å². The van der Waals surface area contributed by atoms with Crippen molar-refractivity contribution in [1.82, 2.24) is 14.5 Å². The molecule has 0 aliphatic carbocycles. The Bertz CT molecular complexity index is 1190. The second kappa shape index (κ2) is 8.30. The van der Waals surface area contributed by atoms with Gasteiger partial charge in [-0.05, 0) is 30.9 Å². The number of imidazole rings is 1. The lowest BCUT2D eigenvalue weighted by Gasteiger charge is -2.31. The van der Waals surface area contributed by atoms with E-state index < -0.39 is 0 Å². The van der Waals surface area contributed by atoms with Crippen molar-refractivity contribution < 1.29 is 13.9 Å². The molecule has 0 spiro atoms. The van der Waals surface area contributed by atoms with Gasteiger partial charge < -0.3 is 18.6 Å². The topological polar surface area (TPSA) is 60.5 Å². The molecule has 1 fully saturated rings. The van der Waals surface area contributed by atoms with Gasteiger partial charge in [0.15, 0.2) is 17.1 Å². The molecule has 0 saturated carbocycles. The fourth-order valence-corrected chi connectivity index (χ4v) is 4.36. The number of aromatic nitrogens is 2. The molecule has 2 aromatic heterocycles. The molecule has 6 nitrogen and oxygen atoms in total. The van der Waals surface area contributed by atoms with E-state index in [2.05, 4.69) is 21.7 Å². The van der Waals surface area contributed by atoms with E-state index in [-0.39, 0.29) is 5.91 Å². The number of hydrogen-bond donors (Lipinski definition) is 0. The molecule has 0 unspecified atom stereocenters. The summed E-state index contributed by atoms with van der Waals surface area (Å²) in [5.74, 6) is 2.47. The smallest absolute Gasteiger partial charge is 0.289 e. The fourth-order valence-electron chi connectivity index (χ4n) is 4.36. The minimum Gasteiger partial charge on any atom is -0.493 e. The van der Waals surface area contributed by atoms with Gasteiger partial charge in [-0.25, -0.2) is 4.98 Å². The van der Waals surface area contributed by atoms with Crippen LogP contribution in [0.15, 0.2) is 71.4 Å². The first-order valence-electron chi connectivity index (χ1n) is 10.7. The molecule has 158 valence electrons. The minimum atomic E-state index is -0.0516. The predicted molar refractivity (Wildman–Crippen MR) is 119 cm³/mol. The molecule has 1 aliphatic rings. The second-order valence-electron chi connectivity index (χ2n) is 7.99. The van der Waals surface area contributed by atoms with Crippen LogP contribution in [-0.4, -0.2) is 40.6 Å². The van der Waals surface area contributed by atoms with Gasteiger partial charge in [0.25, 0.3) is 5.91 Å². The van der Waals surface area contributed by atoms with Gasteiger partial charge in [0.2, 0.25) is 0 Å². The highest BCUT2D eigenvalue weighted by Crippen LogP contribution is 2.30. The number of fused-ring (bicyclic) bond motifs is 1. The summed E-state index contributed by atoms with van der Waals surface area (Å²) in [4.78, 5) is 19.4. The number of rotatable bonds is 5. The van der Waals surface area contributed by atoms with Crippen LogP contribution in [0, 0.1) is 5.92 Å². The Balaban J connectivity index is 1.24. The molecule has 2 aromatic carbocycles. The average Bonchev–Trinajstić information content (AvgIpc) is 3.46. The fraction of sp³-hybridized carbons (Fsp3) is 0.280. The Kier molecular flexibility index (Phi) is 5.20. The second-order valence-corrected chi connectivity index (χ2v) is 7.99. The van der Waals surface area contributed by atoms with E-state index in [1.54, 1.807) is 7.11 Å². The molecular weight excluding hydrogens is 390 g/mol. The van der Waals surface area contributed by atoms with Crippen molar-refractivity contribution in [2.75, 3.05) is 20.2 Å². The number of amides is 1. The predicted octanol–water partition coefficient (Wildman–Crippen LogP) is 4.86. The first-order chi connectivity index (χ1) is 15.2. The standard InChI is InChI=1S/C25H25N3O3/c1-30-21-9-5-8-20-16-22(31-23(20)21)25(29)27-13-10-18(11-14-27)17-28-15-12-26-24(28)19-6-3-2-4-7-19/h2-9,12,15-16,18H,10-11,13-14,17H2,1H3. The first kappa shape index (κ1) is 19.4. The summed E-state index contributed by atoms with van der Waals surface area (Å²) in [5.41, 5.74) is 1.75. The molecule has 1 amide bonds. The summed E-state index contributed by atoms with van der Waals surface area (Å²) >= 11 is 0. The van der Waals surface area contributed by atoms with Crippen molar-refractivity contribution >= 4 is 16.9 Å². The Hall–Kier alpha value is -3.54. The number of nitrogens with zero attached hydrogens (tertiary/aromatic N) is 3. The number of likely N-dealkylation sites (tertiary alicyclic amines) is 1. The molecule has 0 N–H and O–H groups in total. The van der Waals surface area contributed by atoms with Crippen LogP contribution in [0.25, 0.3) is 22.4 Å². The van der Waals surface area contributed by atoms with Gasteiger partial charge in [-0.3, -0.25) is 4.79 Å². The number of piperidine rings is 1. The molecule has 3 heterocycles. The summed E-state index contributed by atoms with van der Waals surface area (Å²) in [5, 5.41) is 0.881. The van der Waals surface area contributed by atoms with Gasteiger partial charge in [-0.2, -0.15) is 0 Å². The van der Waals surface area contributed by atoms with E-state index in [1.165, 1.54) is 0 Å². The van der Waals surface area contributed by atoms with Crippen molar-refractivity contribution in [2.24, 2.45) is 5.92 Å². The average molecular weight is 415 g/mol.